The first-order valence-corrected chi connectivity index (χ1v) is 7.42. The van der Waals surface area contributed by atoms with Crippen LogP contribution in [0.15, 0.2) is 42.5 Å². The van der Waals surface area contributed by atoms with E-state index in [0.29, 0.717) is 0 Å². The van der Waals surface area contributed by atoms with Gasteiger partial charge in [-0.25, -0.2) is 8.78 Å². The molecular weight excluding hydrogens is 308 g/mol. The summed E-state index contributed by atoms with van der Waals surface area (Å²) in [7, 11) is 0. The minimum absolute atomic E-state index is 0.0751. The molecule has 1 N–H and O–H groups in total. The van der Waals surface area contributed by atoms with E-state index in [1.54, 1.807) is 12.1 Å². The predicted octanol–water partition coefficient (Wildman–Crippen LogP) is 4.43. The van der Waals surface area contributed by atoms with Gasteiger partial charge >= 0.3 is 0 Å². The highest BCUT2D eigenvalue weighted by atomic mass is 35.5. The zero-order chi connectivity index (χ0) is 15.7. The maximum absolute atomic E-state index is 13.9. The molecule has 0 saturated heterocycles. The van der Waals surface area contributed by atoms with E-state index in [1.807, 2.05) is 0 Å². The Morgan fingerprint density at radius 3 is 2.32 bits per heavy atom. The van der Waals surface area contributed by atoms with Gasteiger partial charge in [-0.2, -0.15) is 0 Å². The van der Waals surface area contributed by atoms with Gasteiger partial charge in [-0.1, -0.05) is 29.8 Å². The van der Waals surface area contributed by atoms with Gasteiger partial charge < -0.3 is 5.32 Å². The van der Waals surface area contributed by atoms with Crippen molar-refractivity contribution in [2.24, 2.45) is 0 Å². The van der Waals surface area contributed by atoms with Crippen LogP contribution in [0.1, 0.15) is 35.2 Å². The van der Waals surface area contributed by atoms with Crippen LogP contribution in [-0.4, -0.2) is 5.91 Å². The fourth-order valence-corrected chi connectivity index (χ4v) is 3.03. The molecule has 3 rings (SSSR count). The average molecular weight is 322 g/mol. The summed E-state index contributed by atoms with van der Waals surface area (Å²) in [6.07, 6.45) is 2.41. The number of carbonyl (C=O) groups excluding carboxylic acids is 1. The summed E-state index contributed by atoms with van der Waals surface area (Å²) in [5.74, 6) is -1.53. The summed E-state index contributed by atoms with van der Waals surface area (Å²) in [6.45, 7) is 0. The van der Waals surface area contributed by atoms with E-state index in [9.17, 15) is 13.6 Å². The van der Waals surface area contributed by atoms with Crippen molar-refractivity contribution in [3.63, 3.8) is 0 Å². The van der Waals surface area contributed by atoms with E-state index in [-0.39, 0.29) is 16.4 Å². The van der Waals surface area contributed by atoms with E-state index >= 15 is 0 Å². The highest BCUT2D eigenvalue weighted by Crippen LogP contribution is 2.41. The lowest BCUT2D eigenvalue weighted by molar-refractivity contribution is 0.0819. The van der Waals surface area contributed by atoms with Crippen molar-refractivity contribution >= 4 is 17.5 Å². The molecular formula is C17H14ClF2NO. The lowest BCUT2D eigenvalue weighted by atomic mass is 9.71. The fraction of sp³-hybridized carbons (Fsp3) is 0.235. The molecule has 0 aliphatic heterocycles. The number of benzene rings is 2. The number of amides is 1. The van der Waals surface area contributed by atoms with Crippen LogP contribution >= 0.6 is 11.6 Å². The van der Waals surface area contributed by atoms with E-state index < -0.39 is 17.3 Å². The van der Waals surface area contributed by atoms with Crippen LogP contribution in [0.4, 0.5) is 8.78 Å². The lowest BCUT2D eigenvalue weighted by Gasteiger charge is -2.43. The second-order valence-electron chi connectivity index (χ2n) is 5.49. The summed E-state index contributed by atoms with van der Waals surface area (Å²) < 4.78 is 26.9. The largest absolute Gasteiger partial charge is 0.342 e. The Hall–Kier alpha value is -1.94. The van der Waals surface area contributed by atoms with Crippen LogP contribution < -0.4 is 5.32 Å². The van der Waals surface area contributed by atoms with Crippen molar-refractivity contribution in [3.8, 4) is 0 Å². The molecule has 1 fully saturated rings. The fourth-order valence-electron chi connectivity index (χ4n) is 2.78. The van der Waals surface area contributed by atoms with Crippen LogP contribution in [-0.2, 0) is 5.54 Å². The maximum Gasteiger partial charge on any atom is 0.256 e. The number of carbonyl (C=O) groups is 1. The molecule has 0 spiro atoms. The summed E-state index contributed by atoms with van der Waals surface area (Å²) in [5.41, 5.74) is 0.0923. The third-order valence-corrected chi connectivity index (χ3v) is 4.46. The third kappa shape index (κ3) is 2.59. The van der Waals surface area contributed by atoms with Crippen molar-refractivity contribution < 1.29 is 13.6 Å². The summed E-state index contributed by atoms with van der Waals surface area (Å²) in [4.78, 5) is 12.4. The van der Waals surface area contributed by atoms with E-state index in [4.69, 9.17) is 11.6 Å². The van der Waals surface area contributed by atoms with Gasteiger partial charge in [0.05, 0.1) is 16.1 Å². The molecule has 1 aliphatic rings. The molecule has 0 heterocycles. The molecule has 1 saturated carbocycles. The van der Waals surface area contributed by atoms with Gasteiger partial charge in [0.1, 0.15) is 11.6 Å². The second-order valence-corrected chi connectivity index (χ2v) is 5.90. The van der Waals surface area contributed by atoms with Crippen molar-refractivity contribution in [2.45, 2.75) is 24.8 Å². The van der Waals surface area contributed by atoms with Gasteiger partial charge in [0.2, 0.25) is 0 Å². The Balaban J connectivity index is 1.90. The third-order valence-electron chi connectivity index (χ3n) is 4.15. The van der Waals surface area contributed by atoms with Crippen molar-refractivity contribution in [1.29, 1.82) is 0 Å². The van der Waals surface area contributed by atoms with E-state index in [2.05, 4.69) is 5.32 Å². The molecule has 2 nitrogen and oxygen atoms in total. The molecule has 0 aromatic heterocycles. The molecule has 0 bridgehead atoms. The predicted molar refractivity (Wildman–Crippen MR) is 80.8 cm³/mol. The molecule has 0 atom stereocenters. The summed E-state index contributed by atoms with van der Waals surface area (Å²) >= 11 is 5.93. The molecule has 5 heteroatoms. The quantitative estimate of drug-likeness (QED) is 0.890. The molecule has 2 aromatic carbocycles. The number of rotatable bonds is 3. The minimum Gasteiger partial charge on any atom is -0.342 e. The zero-order valence-electron chi connectivity index (χ0n) is 11.7. The summed E-state index contributed by atoms with van der Waals surface area (Å²) in [6, 6.07) is 10.1. The van der Waals surface area contributed by atoms with Gasteiger partial charge in [-0.3, -0.25) is 4.79 Å². The first-order valence-electron chi connectivity index (χ1n) is 7.04. The number of hydrogen-bond donors (Lipinski definition) is 1. The molecule has 2 aromatic rings. The lowest BCUT2D eigenvalue weighted by Crippen LogP contribution is -2.51. The van der Waals surface area contributed by atoms with Crippen LogP contribution in [0.3, 0.4) is 0 Å². The first-order chi connectivity index (χ1) is 10.5. The zero-order valence-corrected chi connectivity index (χ0v) is 12.5. The van der Waals surface area contributed by atoms with Gasteiger partial charge in [0.25, 0.3) is 5.91 Å². The number of halogens is 3. The molecule has 1 amide bonds. The van der Waals surface area contributed by atoms with Crippen molar-refractivity contribution in [3.05, 3.63) is 70.2 Å². The normalized spacial score (nSPS) is 16.0. The van der Waals surface area contributed by atoms with Crippen molar-refractivity contribution in [2.75, 3.05) is 0 Å². The van der Waals surface area contributed by atoms with Crippen LogP contribution in [0.2, 0.25) is 5.02 Å². The maximum atomic E-state index is 13.9. The Morgan fingerprint density at radius 2 is 1.77 bits per heavy atom. The van der Waals surface area contributed by atoms with Crippen LogP contribution in [0.25, 0.3) is 0 Å². The monoisotopic (exact) mass is 321 g/mol. The highest BCUT2D eigenvalue weighted by molar-refractivity contribution is 6.33. The van der Waals surface area contributed by atoms with Gasteiger partial charge in [-0.15, -0.1) is 0 Å². The number of nitrogens with one attached hydrogen (secondary N) is 1. The Kier molecular flexibility index (Phi) is 3.87. The topological polar surface area (TPSA) is 29.1 Å². The molecule has 1 aliphatic carbocycles. The van der Waals surface area contributed by atoms with Gasteiger partial charge in [0.15, 0.2) is 0 Å². The average Bonchev–Trinajstić information content (AvgIpc) is 2.44. The number of hydrogen-bond acceptors (Lipinski definition) is 1. The van der Waals surface area contributed by atoms with E-state index in [0.717, 1.165) is 24.8 Å². The van der Waals surface area contributed by atoms with Crippen LogP contribution in [0, 0.1) is 11.6 Å². The Morgan fingerprint density at radius 1 is 1.09 bits per heavy atom. The van der Waals surface area contributed by atoms with Crippen LogP contribution in [0.5, 0.6) is 0 Å². The molecule has 0 radical (unpaired) electrons. The Bertz CT molecular complexity index is 691. The summed E-state index contributed by atoms with van der Waals surface area (Å²) in [5, 5.41) is 2.95. The molecule has 22 heavy (non-hydrogen) atoms. The van der Waals surface area contributed by atoms with Crippen molar-refractivity contribution in [1.82, 2.24) is 5.32 Å². The first kappa shape index (κ1) is 15.0. The smallest absolute Gasteiger partial charge is 0.256 e. The minimum atomic E-state index is -0.654. The Labute approximate surface area is 132 Å². The van der Waals surface area contributed by atoms with Gasteiger partial charge in [0, 0.05) is 0 Å². The standard InChI is InChI=1S/C17H14ClF2NO/c18-13-3-1-4-14(20)15(13)16(22)21-17(9-2-10-17)11-5-7-12(19)8-6-11/h1,3-8H,2,9-10H2,(H,21,22). The molecule has 114 valence electrons. The SMILES string of the molecule is O=C(NC1(c2ccc(F)cc2)CCC1)c1c(F)cccc1Cl. The second kappa shape index (κ2) is 5.69. The van der Waals surface area contributed by atoms with Gasteiger partial charge in [-0.05, 0) is 49.1 Å². The highest BCUT2D eigenvalue weighted by Gasteiger charge is 2.40. The molecule has 0 unspecified atom stereocenters. The van der Waals surface area contributed by atoms with E-state index in [1.165, 1.54) is 30.3 Å².